The smallest absolute Gasteiger partial charge is 0.387 e. The fourth-order valence-corrected chi connectivity index (χ4v) is 2.03. The van der Waals surface area contributed by atoms with E-state index >= 15 is 0 Å². The van der Waals surface area contributed by atoms with Crippen LogP contribution < -0.4 is 10.1 Å². The topological polar surface area (TPSA) is 38.3 Å². The summed E-state index contributed by atoms with van der Waals surface area (Å²) < 4.78 is 28.9. The molecule has 0 fully saturated rings. The molecule has 2 aromatic carbocycles. The lowest BCUT2D eigenvalue weighted by Crippen LogP contribution is -2.12. The van der Waals surface area contributed by atoms with Crippen molar-refractivity contribution in [2.45, 2.75) is 6.61 Å². The van der Waals surface area contributed by atoms with Crippen molar-refractivity contribution in [3.8, 4) is 5.75 Å². The van der Waals surface area contributed by atoms with Gasteiger partial charge in [0.15, 0.2) is 0 Å². The minimum absolute atomic E-state index is 0.0406. The maximum absolute atomic E-state index is 12.0. The molecule has 0 aromatic heterocycles. The first-order valence-electron chi connectivity index (χ1n) is 5.67. The van der Waals surface area contributed by atoms with Gasteiger partial charge in [0.2, 0.25) is 0 Å². The fourth-order valence-electron chi connectivity index (χ4n) is 1.56. The van der Waals surface area contributed by atoms with Gasteiger partial charge in [-0.25, -0.2) is 0 Å². The summed E-state index contributed by atoms with van der Waals surface area (Å²) in [4.78, 5) is 12.0. The Bertz CT molecular complexity index is 602. The molecule has 0 saturated heterocycles. The zero-order chi connectivity index (χ0) is 14.5. The van der Waals surface area contributed by atoms with Crippen molar-refractivity contribution in [1.29, 1.82) is 0 Å². The highest BCUT2D eigenvalue weighted by Crippen LogP contribution is 2.20. The third kappa shape index (κ3) is 3.77. The van der Waals surface area contributed by atoms with Gasteiger partial charge in [-0.05, 0) is 52.3 Å². The van der Waals surface area contributed by atoms with Gasteiger partial charge in [0, 0.05) is 10.2 Å². The summed E-state index contributed by atoms with van der Waals surface area (Å²) in [6.07, 6.45) is 0. The van der Waals surface area contributed by atoms with Gasteiger partial charge in [-0.3, -0.25) is 4.79 Å². The van der Waals surface area contributed by atoms with Crippen LogP contribution in [0.3, 0.4) is 0 Å². The molecule has 6 heteroatoms. The molecular formula is C14H10BrF2NO2. The molecule has 0 aliphatic rings. The molecule has 0 spiro atoms. The number of carbonyl (C=O) groups excluding carboxylic acids is 1. The van der Waals surface area contributed by atoms with Gasteiger partial charge in [0.1, 0.15) is 5.75 Å². The lowest BCUT2D eigenvalue weighted by atomic mass is 10.2. The number of halogens is 3. The van der Waals surface area contributed by atoms with Crippen LogP contribution in [0, 0.1) is 0 Å². The van der Waals surface area contributed by atoms with Crippen LogP contribution in [0.1, 0.15) is 10.4 Å². The van der Waals surface area contributed by atoms with Gasteiger partial charge in [-0.15, -0.1) is 0 Å². The number of rotatable bonds is 4. The average Bonchev–Trinajstić information content (AvgIpc) is 2.41. The first-order chi connectivity index (χ1) is 9.56. The molecule has 0 atom stereocenters. The Morgan fingerprint density at radius 3 is 2.35 bits per heavy atom. The standard InChI is InChI=1S/C14H10BrF2NO2/c15-12-4-2-1-3-11(12)13(19)18-9-5-7-10(8-6-9)20-14(16)17/h1-8,14H,(H,18,19). The molecule has 1 amide bonds. The summed E-state index contributed by atoms with van der Waals surface area (Å²) >= 11 is 3.28. The van der Waals surface area contributed by atoms with Crippen LogP contribution in [-0.4, -0.2) is 12.5 Å². The number of carbonyl (C=O) groups is 1. The van der Waals surface area contributed by atoms with Crippen molar-refractivity contribution in [1.82, 2.24) is 0 Å². The van der Waals surface area contributed by atoms with Crippen molar-refractivity contribution in [2.24, 2.45) is 0 Å². The predicted molar refractivity (Wildman–Crippen MR) is 75.2 cm³/mol. The zero-order valence-electron chi connectivity index (χ0n) is 10.1. The van der Waals surface area contributed by atoms with Gasteiger partial charge < -0.3 is 10.1 Å². The third-order valence-electron chi connectivity index (χ3n) is 2.46. The first kappa shape index (κ1) is 14.5. The molecule has 0 radical (unpaired) electrons. The quantitative estimate of drug-likeness (QED) is 0.900. The van der Waals surface area contributed by atoms with E-state index in [9.17, 15) is 13.6 Å². The van der Waals surface area contributed by atoms with Gasteiger partial charge in [-0.1, -0.05) is 12.1 Å². The number of hydrogen-bond donors (Lipinski definition) is 1. The molecule has 0 aliphatic carbocycles. The monoisotopic (exact) mass is 341 g/mol. The maximum atomic E-state index is 12.0. The first-order valence-corrected chi connectivity index (χ1v) is 6.46. The van der Waals surface area contributed by atoms with E-state index in [2.05, 4.69) is 26.0 Å². The lowest BCUT2D eigenvalue weighted by molar-refractivity contribution is -0.0498. The van der Waals surface area contributed by atoms with Gasteiger partial charge >= 0.3 is 6.61 Å². The maximum Gasteiger partial charge on any atom is 0.387 e. The Morgan fingerprint density at radius 2 is 1.75 bits per heavy atom. The van der Waals surface area contributed by atoms with Crippen LogP contribution in [0.15, 0.2) is 53.0 Å². The van der Waals surface area contributed by atoms with Crippen LogP contribution >= 0.6 is 15.9 Å². The summed E-state index contributed by atoms with van der Waals surface area (Å²) in [6.45, 7) is -2.87. The predicted octanol–water partition coefficient (Wildman–Crippen LogP) is 4.30. The van der Waals surface area contributed by atoms with E-state index in [1.54, 1.807) is 24.3 Å². The van der Waals surface area contributed by atoms with Crippen LogP contribution in [0.25, 0.3) is 0 Å². The number of alkyl halides is 2. The molecule has 0 bridgehead atoms. The normalized spacial score (nSPS) is 10.4. The fraction of sp³-hybridized carbons (Fsp3) is 0.0714. The number of ether oxygens (including phenoxy) is 1. The highest BCUT2D eigenvalue weighted by molar-refractivity contribution is 9.10. The van der Waals surface area contributed by atoms with Crippen molar-refractivity contribution >= 4 is 27.5 Å². The van der Waals surface area contributed by atoms with E-state index in [1.807, 2.05) is 0 Å². The summed E-state index contributed by atoms with van der Waals surface area (Å²) in [7, 11) is 0. The van der Waals surface area contributed by atoms with E-state index in [4.69, 9.17) is 0 Å². The minimum Gasteiger partial charge on any atom is -0.435 e. The summed E-state index contributed by atoms with van der Waals surface area (Å²) in [6, 6.07) is 12.7. The molecule has 2 aromatic rings. The Labute approximate surface area is 122 Å². The van der Waals surface area contributed by atoms with E-state index in [-0.39, 0.29) is 11.7 Å². The summed E-state index contributed by atoms with van der Waals surface area (Å²) in [5, 5.41) is 2.67. The second-order valence-corrected chi connectivity index (χ2v) is 4.69. The van der Waals surface area contributed by atoms with E-state index in [0.717, 1.165) is 0 Å². The lowest BCUT2D eigenvalue weighted by Gasteiger charge is -2.08. The van der Waals surface area contributed by atoms with Crippen LogP contribution in [-0.2, 0) is 0 Å². The second-order valence-electron chi connectivity index (χ2n) is 3.84. The highest BCUT2D eigenvalue weighted by Gasteiger charge is 2.10. The van der Waals surface area contributed by atoms with Crippen LogP contribution in [0.4, 0.5) is 14.5 Å². The van der Waals surface area contributed by atoms with Gasteiger partial charge in [-0.2, -0.15) is 8.78 Å². The average molecular weight is 342 g/mol. The molecule has 3 nitrogen and oxygen atoms in total. The SMILES string of the molecule is O=C(Nc1ccc(OC(F)F)cc1)c1ccccc1Br. The van der Waals surface area contributed by atoms with Crippen LogP contribution in [0.5, 0.6) is 5.75 Å². The molecule has 104 valence electrons. The van der Waals surface area contributed by atoms with Crippen molar-refractivity contribution in [2.75, 3.05) is 5.32 Å². The summed E-state index contributed by atoms with van der Waals surface area (Å²) in [5.41, 5.74) is 0.979. The molecule has 20 heavy (non-hydrogen) atoms. The molecule has 0 unspecified atom stereocenters. The van der Waals surface area contributed by atoms with E-state index in [0.29, 0.717) is 15.7 Å². The molecular weight excluding hydrogens is 332 g/mol. The van der Waals surface area contributed by atoms with E-state index in [1.165, 1.54) is 24.3 Å². The van der Waals surface area contributed by atoms with Gasteiger partial charge in [0.05, 0.1) is 5.56 Å². The molecule has 0 aliphatic heterocycles. The Kier molecular flexibility index (Phi) is 4.68. The van der Waals surface area contributed by atoms with Crippen molar-refractivity contribution in [3.05, 3.63) is 58.6 Å². The Hall–Kier alpha value is -1.95. The molecule has 2 rings (SSSR count). The zero-order valence-corrected chi connectivity index (χ0v) is 11.7. The summed E-state index contributed by atoms with van der Waals surface area (Å²) in [5.74, 6) is -0.251. The Balaban J connectivity index is 2.07. The molecule has 0 heterocycles. The second kappa shape index (κ2) is 6.47. The van der Waals surface area contributed by atoms with E-state index < -0.39 is 6.61 Å². The highest BCUT2D eigenvalue weighted by atomic mass is 79.9. The van der Waals surface area contributed by atoms with Crippen molar-refractivity contribution in [3.63, 3.8) is 0 Å². The van der Waals surface area contributed by atoms with Gasteiger partial charge in [0.25, 0.3) is 5.91 Å². The largest absolute Gasteiger partial charge is 0.435 e. The number of anilines is 1. The number of nitrogens with one attached hydrogen (secondary N) is 1. The number of hydrogen-bond acceptors (Lipinski definition) is 2. The number of benzene rings is 2. The minimum atomic E-state index is -2.87. The molecule has 0 saturated carbocycles. The van der Waals surface area contributed by atoms with Crippen LogP contribution in [0.2, 0.25) is 0 Å². The number of amides is 1. The van der Waals surface area contributed by atoms with Crippen molar-refractivity contribution < 1.29 is 18.3 Å². The Morgan fingerprint density at radius 1 is 1.10 bits per heavy atom. The molecule has 1 N–H and O–H groups in total. The third-order valence-corrected chi connectivity index (χ3v) is 3.15.